The fraction of sp³-hybridized carbons (Fsp3) is 0.182. The number of benzene rings is 2. The van der Waals surface area contributed by atoms with Gasteiger partial charge in [-0.15, -0.1) is 0 Å². The van der Waals surface area contributed by atoms with Crippen molar-refractivity contribution in [3.05, 3.63) is 64.9 Å². The number of halogens is 1. The molecule has 0 unspecified atom stereocenters. The molecule has 7 nitrogen and oxygen atoms in total. The van der Waals surface area contributed by atoms with Crippen LogP contribution in [-0.4, -0.2) is 36.9 Å². The van der Waals surface area contributed by atoms with Gasteiger partial charge in [-0.1, -0.05) is 35.9 Å². The van der Waals surface area contributed by atoms with E-state index >= 15 is 0 Å². The Morgan fingerprint density at radius 3 is 2.70 bits per heavy atom. The van der Waals surface area contributed by atoms with Crippen LogP contribution in [0.2, 0.25) is 5.02 Å². The Hall–Kier alpha value is -3.45. The molecule has 0 aliphatic heterocycles. The number of aromatic nitrogens is 4. The van der Waals surface area contributed by atoms with Crippen LogP contribution in [0.1, 0.15) is 28.8 Å². The molecular weight excluding hydrogens is 402 g/mol. The lowest BCUT2D eigenvalue weighted by atomic mass is 9.99. The predicted molar refractivity (Wildman–Crippen MR) is 115 cm³/mol. The second-order valence-electron chi connectivity index (χ2n) is 7.43. The molecule has 30 heavy (non-hydrogen) atoms. The minimum Gasteiger partial charge on any atom is -0.478 e. The van der Waals surface area contributed by atoms with Gasteiger partial charge in [-0.2, -0.15) is 10.1 Å². The van der Waals surface area contributed by atoms with Gasteiger partial charge < -0.3 is 10.4 Å². The fourth-order valence-electron chi connectivity index (χ4n) is 3.40. The van der Waals surface area contributed by atoms with Crippen LogP contribution >= 0.6 is 11.6 Å². The monoisotopic (exact) mass is 419 g/mol. The number of anilines is 1. The van der Waals surface area contributed by atoms with Gasteiger partial charge in [0.1, 0.15) is 5.82 Å². The Bertz CT molecular complexity index is 1300. The Morgan fingerprint density at radius 2 is 2.00 bits per heavy atom. The second kappa shape index (κ2) is 7.11. The molecule has 0 spiro atoms. The molecule has 0 atom stereocenters. The van der Waals surface area contributed by atoms with Crippen molar-refractivity contribution >= 4 is 34.3 Å². The third-order valence-electron chi connectivity index (χ3n) is 5.16. The van der Waals surface area contributed by atoms with Crippen molar-refractivity contribution in [2.75, 3.05) is 5.32 Å². The lowest BCUT2D eigenvalue weighted by molar-refractivity contribution is 0.0697. The number of nitrogens with zero attached hydrogens (tertiary/aromatic N) is 4. The first-order valence-corrected chi connectivity index (χ1v) is 9.99. The van der Waals surface area contributed by atoms with Gasteiger partial charge in [-0.05, 0) is 43.0 Å². The quantitative estimate of drug-likeness (QED) is 0.486. The molecule has 2 N–H and O–H groups in total. The van der Waals surface area contributed by atoms with Crippen LogP contribution in [0, 0.1) is 6.92 Å². The van der Waals surface area contributed by atoms with Crippen LogP contribution in [0.3, 0.4) is 0 Å². The molecule has 8 heteroatoms. The minimum absolute atomic E-state index is 0.0725. The number of aryl methyl sites for hydroxylation is 1. The van der Waals surface area contributed by atoms with Gasteiger partial charge >= 0.3 is 5.97 Å². The van der Waals surface area contributed by atoms with E-state index in [1.807, 2.05) is 30.3 Å². The van der Waals surface area contributed by atoms with Gasteiger partial charge in [-0.3, -0.25) is 0 Å². The first-order valence-electron chi connectivity index (χ1n) is 9.62. The summed E-state index contributed by atoms with van der Waals surface area (Å²) in [5.41, 5.74) is 3.85. The van der Waals surface area contributed by atoms with Gasteiger partial charge in [0, 0.05) is 23.2 Å². The largest absolute Gasteiger partial charge is 0.478 e. The first-order chi connectivity index (χ1) is 14.5. The van der Waals surface area contributed by atoms with Crippen LogP contribution in [0.4, 0.5) is 5.82 Å². The Labute approximate surface area is 177 Å². The molecule has 150 valence electrons. The number of carbonyl (C=O) groups is 1. The third kappa shape index (κ3) is 3.37. The summed E-state index contributed by atoms with van der Waals surface area (Å²) in [6, 6.07) is 12.3. The van der Waals surface area contributed by atoms with Crippen LogP contribution in [0.25, 0.3) is 28.0 Å². The highest BCUT2D eigenvalue weighted by Crippen LogP contribution is 2.36. The fourth-order valence-corrected chi connectivity index (χ4v) is 3.66. The lowest BCUT2D eigenvalue weighted by Crippen LogP contribution is -2.09. The molecule has 1 aliphatic carbocycles. The molecule has 4 aromatic rings. The van der Waals surface area contributed by atoms with E-state index in [0.717, 1.165) is 34.9 Å². The smallest absolute Gasteiger partial charge is 0.338 e. The van der Waals surface area contributed by atoms with Gasteiger partial charge in [0.15, 0.2) is 0 Å². The molecule has 1 saturated carbocycles. The predicted octanol–water partition coefficient (Wildman–Crippen LogP) is 4.72. The average Bonchev–Trinajstić information content (AvgIpc) is 3.39. The van der Waals surface area contributed by atoms with E-state index < -0.39 is 5.97 Å². The third-order valence-corrected chi connectivity index (χ3v) is 5.47. The van der Waals surface area contributed by atoms with E-state index in [4.69, 9.17) is 11.6 Å². The zero-order chi connectivity index (χ0) is 20.8. The number of rotatable bonds is 5. The van der Waals surface area contributed by atoms with Crippen molar-refractivity contribution in [1.29, 1.82) is 0 Å². The standard InChI is InChI=1S/C22H18ClN5O2/c1-12-4-2-3-5-15(12)16-8-17-19(9-18(16)23)26-22(27-20(17)25-14-6-7-14)28-11-13(10-24-28)21(29)30/h2-5,8-11,14H,6-7H2,1H3,(H,29,30)(H,25,26,27). The molecule has 1 fully saturated rings. The molecule has 2 heterocycles. The molecule has 1 aliphatic rings. The highest BCUT2D eigenvalue weighted by Gasteiger charge is 2.24. The van der Waals surface area contributed by atoms with Crippen molar-refractivity contribution in [3.63, 3.8) is 0 Å². The van der Waals surface area contributed by atoms with E-state index in [-0.39, 0.29) is 11.5 Å². The molecule has 0 saturated heterocycles. The normalized spacial score (nSPS) is 13.5. The Kier molecular flexibility index (Phi) is 4.40. The van der Waals surface area contributed by atoms with Gasteiger partial charge in [0.05, 0.1) is 22.3 Å². The molecule has 0 amide bonds. The molecular formula is C22H18ClN5O2. The maximum absolute atomic E-state index is 11.2. The summed E-state index contributed by atoms with van der Waals surface area (Å²) in [6.45, 7) is 2.05. The molecule has 2 aromatic carbocycles. The second-order valence-corrected chi connectivity index (χ2v) is 7.84. The van der Waals surface area contributed by atoms with E-state index in [1.54, 1.807) is 0 Å². The number of hydrogen-bond donors (Lipinski definition) is 2. The maximum Gasteiger partial charge on any atom is 0.338 e. The van der Waals surface area contributed by atoms with E-state index in [1.165, 1.54) is 17.1 Å². The van der Waals surface area contributed by atoms with Crippen LogP contribution in [0.5, 0.6) is 0 Å². The number of hydrogen-bond acceptors (Lipinski definition) is 5. The summed E-state index contributed by atoms with van der Waals surface area (Å²) in [5, 5.41) is 18.2. The zero-order valence-electron chi connectivity index (χ0n) is 16.1. The summed E-state index contributed by atoms with van der Waals surface area (Å²) in [4.78, 5) is 20.4. The Morgan fingerprint density at radius 1 is 1.20 bits per heavy atom. The van der Waals surface area contributed by atoms with Crippen LogP contribution in [-0.2, 0) is 0 Å². The summed E-state index contributed by atoms with van der Waals surface area (Å²) in [7, 11) is 0. The topological polar surface area (TPSA) is 92.9 Å². The lowest BCUT2D eigenvalue weighted by Gasteiger charge is -2.14. The van der Waals surface area contributed by atoms with Crippen LogP contribution < -0.4 is 5.32 Å². The van der Waals surface area contributed by atoms with E-state index in [9.17, 15) is 9.90 Å². The SMILES string of the molecule is Cc1ccccc1-c1cc2c(NC3CC3)nc(-n3cc(C(=O)O)cn3)nc2cc1Cl. The highest BCUT2D eigenvalue weighted by molar-refractivity contribution is 6.34. The summed E-state index contributed by atoms with van der Waals surface area (Å²) >= 11 is 6.64. The first kappa shape index (κ1) is 18.6. The molecule has 0 radical (unpaired) electrons. The number of fused-ring (bicyclic) bond motifs is 1. The maximum atomic E-state index is 11.2. The molecule has 0 bridgehead atoms. The molecule has 2 aromatic heterocycles. The van der Waals surface area contributed by atoms with Crippen molar-refractivity contribution in [1.82, 2.24) is 19.7 Å². The van der Waals surface area contributed by atoms with Crippen molar-refractivity contribution in [2.24, 2.45) is 0 Å². The zero-order valence-corrected chi connectivity index (χ0v) is 16.9. The van der Waals surface area contributed by atoms with Gasteiger partial charge in [0.25, 0.3) is 5.95 Å². The highest BCUT2D eigenvalue weighted by atomic mass is 35.5. The summed E-state index contributed by atoms with van der Waals surface area (Å²) in [5.74, 6) is -0.0708. The van der Waals surface area contributed by atoms with E-state index in [2.05, 4.69) is 33.4 Å². The van der Waals surface area contributed by atoms with Crippen molar-refractivity contribution in [2.45, 2.75) is 25.8 Å². The minimum atomic E-state index is -1.05. The van der Waals surface area contributed by atoms with Crippen molar-refractivity contribution < 1.29 is 9.90 Å². The summed E-state index contributed by atoms with van der Waals surface area (Å²) < 4.78 is 1.37. The van der Waals surface area contributed by atoms with Gasteiger partial charge in [-0.25, -0.2) is 14.5 Å². The summed E-state index contributed by atoms with van der Waals surface area (Å²) in [6.07, 6.45) is 4.85. The Balaban J connectivity index is 1.69. The number of nitrogens with one attached hydrogen (secondary N) is 1. The molecule has 5 rings (SSSR count). The van der Waals surface area contributed by atoms with E-state index in [0.29, 0.717) is 22.4 Å². The number of aromatic carboxylic acids is 1. The van der Waals surface area contributed by atoms with Gasteiger partial charge in [0.2, 0.25) is 0 Å². The average molecular weight is 420 g/mol. The van der Waals surface area contributed by atoms with Crippen LogP contribution in [0.15, 0.2) is 48.8 Å². The number of carboxylic acid groups (broad SMARTS) is 1. The number of carboxylic acids is 1. The van der Waals surface area contributed by atoms with Crippen molar-refractivity contribution in [3.8, 4) is 17.1 Å².